The van der Waals surface area contributed by atoms with Crippen molar-refractivity contribution in [3.63, 3.8) is 0 Å². The molecule has 0 aliphatic heterocycles. The number of hydrogen-bond acceptors (Lipinski definition) is 5. The third kappa shape index (κ3) is 2.86. The van der Waals surface area contributed by atoms with E-state index < -0.39 is 0 Å². The Hall–Kier alpha value is -3.87. The zero-order valence-corrected chi connectivity index (χ0v) is 17.0. The predicted octanol–water partition coefficient (Wildman–Crippen LogP) is 4.27. The number of aryl methyl sites for hydroxylation is 1. The van der Waals surface area contributed by atoms with Crippen molar-refractivity contribution in [3.05, 3.63) is 78.0 Å². The number of nitrogens with zero attached hydrogens (tertiary/aromatic N) is 5. The molecular weight excluding hydrogens is 378 g/mol. The molecule has 0 atom stereocenters. The van der Waals surface area contributed by atoms with Crippen molar-refractivity contribution < 1.29 is 9.47 Å². The van der Waals surface area contributed by atoms with E-state index in [4.69, 9.17) is 19.4 Å². The number of methoxy groups -OCH3 is 1. The van der Waals surface area contributed by atoms with Crippen molar-refractivity contribution >= 4 is 16.7 Å². The zero-order valence-electron chi connectivity index (χ0n) is 17.0. The maximum atomic E-state index is 5.81. The largest absolute Gasteiger partial charge is 0.495 e. The van der Waals surface area contributed by atoms with E-state index >= 15 is 0 Å². The van der Waals surface area contributed by atoms with Gasteiger partial charge in [0.25, 0.3) is 0 Å². The normalized spacial score (nSPS) is 11.3. The molecule has 0 saturated carbocycles. The maximum absolute atomic E-state index is 5.81. The van der Waals surface area contributed by atoms with E-state index in [1.165, 1.54) is 0 Å². The lowest BCUT2D eigenvalue weighted by Crippen LogP contribution is -2.01. The van der Waals surface area contributed by atoms with E-state index in [1.807, 2.05) is 54.6 Å². The molecule has 0 saturated heterocycles. The lowest BCUT2D eigenvalue weighted by molar-refractivity contribution is 0.296. The Balaban J connectivity index is 1.63. The summed E-state index contributed by atoms with van der Waals surface area (Å²) in [5.74, 6) is 2.18. The smallest absolute Gasteiger partial charge is 0.189 e. The van der Waals surface area contributed by atoms with E-state index in [1.54, 1.807) is 18.0 Å². The molecule has 30 heavy (non-hydrogen) atoms. The molecule has 7 nitrogen and oxygen atoms in total. The molecule has 2 aromatic carbocycles. The van der Waals surface area contributed by atoms with Gasteiger partial charge in [-0.1, -0.05) is 30.3 Å². The van der Waals surface area contributed by atoms with Crippen molar-refractivity contribution in [2.45, 2.75) is 20.5 Å². The van der Waals surface area contributed by atoms with E-state index in [2.05, 4.69) is 23.5 Å². The van der Waals surface area contributed by atoms with Crippen LogP contribution in [0.5, 0.6) is 11.5 Å². The lowest BCUT2D eigenvalue weighted by Gasteiger charge is -2.12. The van der Waals surface area contributed by atoms with Crippen LogP contribution in [0.1, 0.15) is 17.1 Å². The highest BCUT2D eigenvalue weighted by Gasteiger charge is 2.20. The van der Waals surface area contributed by atoms with Crippen molar-refractivity contribution in [3.8, 4) is 17.2 Å². The average molecular weight is 399 g/mol. The van der Waals surface area contributed by atoms with Crippen LogP contribution in [-0.4, -0.2) is 31.3 Å². The molecule has 3 heterocycles. The van der Waals surface area contributed by atoms with E-state index in [0.29, 0.717) is 12.4 Å². The Morgan fingerprint density at radius 2 is 1.70 bits per heavy atom. The lowest BCUT2D eigenvalue weighted by atomic mass is 10.2. The van der Waals surface area contributed by atoms with E-state index in [-0.39, 0.29) is 0 Å². The second-order valence-electron chi connectivity index (χ2n) is 7.06. The minimum absolute atomic E-state index is 0.290. The number of ether oxygens (including phenoxy) is 2. The van der Waals surface area contributed by atoms with Gasteiger partial charge < -0.3 is 9.47 Å². The predicted molar refractivity (Wildman–Crippen MR) is 114 cm³/mol. The molecule has 0 bridgehead atoms. The fourth-order valence-corrected chi connectivity index (χ4v) is 3.74. The summed E-state index contributed by atoms with van der Waals surface area (Å²) in [6.45, 7) is 4.45. The minimum Gasteiger partial charge on any atom is -0.495 e. The van der Waals surface area contributed by atoms with Gasteiger partial charge in [0.15, 0.2) is 17.1 Å². The highest BCUT2D eigenvalue weighted by molar-refractivity contribution is 5.95. The Kier molecular flexibility index (Phi) is 4.35. The maximum Gasteiger partial charge on any atom is 0.189 e. The van der Waals surface area contributed by atoms with Gasteiger partial charge in [-0.15, -0.1) is 5.10 Å². The molecule has 0 aliphatic carbocycles. The van der Waals surface area contributed by atoms with Gasteiger partial charge in [0, 0.05) is 5.69 Å². The molecule has 0 aliphatic rings. The second-order valence-corrected chi connectivity index (χ2v) is 7.06. The van der Waals surface area contributed by atoms with Gasteiger partial charge in [0.2, 0.25) is 0 Å². The highest BCUT2D eigenvalue weighted by atomic mass is 16.5. The van der Waals surface area contributed by atoms with Crippen molar-refractivity contribution in [1.29, 1.82) is 0 Å². The molecule has 0 fully saturated rings. The van der Waals surface area contributed by atoms with Gasteiger partial charge >= 0.3 is 0 Å². The Labute approximate surface area is 173 Å². The summed E-state index contributed by atoms with van der Waals surface area (Å²) in [7, 11) is 1.68. The number of para-hydroxylation sites is 3. The number of rotatable bonds is 5. The molecule has 5 aromatic rings. The summed E-state index contributed by atoms with van der Waals surface area (Å²) >= 11 is 0. The number of fused-ring (bicyclic) bond motifs is 3. The van der Waals surface area contributed by atoms with Gasteiger partial charge in [0.1, 0.15) is 24.4 Å². The molecule has 0 radical (unpaired) electrons. The molecule has 150 valence electrons. The van der Waals surface area contributed by atoms with Crippen LogP contribution in [0.15, 0.2) is 60.9 Å². The van der Waals surface area contributed by atoms with Crippen LogP contribution in [0.3, 0.4) is 0 Å². The third-order valence-corrected chi connectivity index (χ3v) is 5.31. The van der Waals surface area contributed by atoms with Crippen LogP contribution in [0, 0.1) is 13.8 Å². The standard InChI is InChI=1S/C23H21N5O2/c1-15-16(2)28(18-11-7-8-12-19(18)29-3)22-21(15)23-25-20(26-27(23)14-24-22)13-30-17-9-5-4-6-10-17/h4-12,14H,13H2,1-3H3. The van der Waals surface area contributed by atoms with Crippen LogP contribution >= 0.6 is 0 Å². The molecule has 7 heteroatoms. The highest BCUT2D eigenvalue weighted by Crippen LogP contribution is 2.33. The second kappa shape index (κ2) is 7.18. The van der Waals surface area contributed by atoms with Gasteiger partial charge in [-0.2, -0.15) is 0 Å². The molecule has 0 unspecified atom stereocenters. The summed E-state index contributed by atoms with van der Waals surface area (Å²) in [6.07, 6.45) is 1.70. The Bertz CT molecular complexity index is 1350. The molecular formula is C23H21N5O2. The quantitative estimate of drug-likeness (QED) is 0.441. The molecule has 0 spiro atoms. The van der Waals surface area contributed by atoms with Crippen LogP contribution in [0.25, 0.3) is 22.4 Å². The monoisotopic (exact) mass is 399 g/mol. The van der Waals surface area contributed by atoms with Gasteiger partial charge in [-0.05, 0) is 43.7 Å². The zero-order chi connectivity index (χ0) is 20.7. The van der Waals surface area contributed by atoms with E-state index in [9.17, 15) is 0 Å². The summed E-state index contributed by atoms with van der Waals surface area (Å²) in [5, 5.41) is 5.52. The van der Waals surface area contributed by atoms with Crippen LogP contribution < -0.4 is 9.47 Å². The van der Waals surface area contributed by atoms with Gasteiger partial charge in [-0.3, -0.25) is 4.57 Å². The number of hydrogen-bond donors (Lipinski definition) is 0. The number of aromatic nitrogens is 5. The van der Waals surface area contributed by atoms with Crippen LogP contribution in [-0.2, 0) is 6.61 Å². The summed E-state index contributed by atoms with van der Waals surface area (Å²) in [4.78, 5) is 9.45. The topological polar surface area (TPSA) is 66.5 Å². The SMILES string of the molecule is COc1ccccc1-n1c(C)c(C)c2c1ncn1nc(COc3ccccc3)nc21. The third-order valence-electron chi connectivity index (χ3n) is 5.31. The first-order chi connectivity index (χ1) is 14.7. The van der Waals surface area contributed by atoms with E-state index in [0.717, 1.165) is 45.1 Å². The summed E-state index contributed by atoms with van der Waals surface area (Å²) < 4.78 is 15.2. The van der Waals surface area contributed by atoms with Crippen LogP contribution in [0.4, 0.5) is 0 Å². The summed E-state index contributed by atoms with van der Waals surface area (Å²) in [5.41, 5.74) is 4.72. The average Bonchev–Trinajstić information content (AvgIpc) is 3.31. The molecule has 0 N–H and O–H groups in total. The van der Waals surface area contributed by atoms with Gasteiger partial charge in [-0.25, -0.2) is 14.5 Å². The first-order valence-corrected chi connectivity index (χ1v) is 9.70. The molecule has 0 amide bonds. The fraction of sp³-hybridized carbons (Fsp3) is 0.174. The van der Waals surface area contributed by atoms with Crippen molar-refractivity contribution in [2.75, 3.05) is 7.11 Å². The fourth-order valence-electron chi connectivity index (χ4n) is 3.74. The molecule has 5 rings (SSSR count). The number of benzene rings is 2. The van der Waals surface area contributed by atoms with Crippen molar-refractivity contribution in [2.24, 2.45) is 0 Å². The first kappa shape index (κ1) is 18.2. The van der Waals surface area contributed by atoms with Crippen LogP contribution in [0.2, 0.25) is 0 Å². The first-order valence-electron chi connectivity index (χ1n) is 9.70. The van der Waals surface area contributed by atoms with Crippen molar-refractivity contribution in [1.82, 2.24) is 24.1 Å². The minimum atomic E-state index is 0.290. The molecule has 3 aromatic heterocycles. The Morgan fingerprint density at radius 3 is 2.50 bits per heavy atom. The Morgan fingerprint density at radius 1 is 0.933 bits per heavy atom. The van der Waals surface area contributed by atoms with Gasteiger partial charge in [0.05, 0.1) is 18.2 Å². The summed E-state index contributed by atoms with van der Waals surface area (Å²) in [6, 6.07) is 17.6.